The first-order valence-corrected chi connectivity index (χ1v) is 5.39. The van der Waals surface area contributed by atoms with Crippen molar-refractivity contribution in [2.24, 2.45) is 5.41 Å². The lowest BCUT2D eigenvalue weighted by atomic mass is 9.75. The van der Waals surface area contributed by atoms with Crippen LogP contribution in [0.2, 0.25) is 0 Å². The predicted octanol–water partition coefficient (Wildman–Crippen LogP) is 3.31. The quantitative estimate of drug-likeness (QED) is 0.695. The van der Waals surface area contributed by atoms with Gasteiger partial charge < -0.3 is 9.47 Å². The Kier molecular flexibility index (Phi) is 5.71. The van der Waals surface area contributed by atoms with Gasteiger partial charge in [0.2, 0.25) is 19.3 Å². The fourth-order valence-electron chi connectivity index (χ4n) is 2.20. The SMILES string of the molecule is FC(F)CC1OCOCC1(CC(F)F)CC(F)F. The Labute approximate surface area is 100 Å². The van der Waals surface area contributed by atoms with E-state index in [-0.39, 0.29) is 6.79 Å². The molecule has 0 aromatic heterocycles. The summed E-state index contributed by atoms with van der Waals surface area (Å²) in [5, 5.41) is 0. The zero-order valence-electron chi connectivity index (χ0n) is 9.43. The molecule has 0 aromatic rings. The largest absolute Gasteiger partial charge is 0.355 e. The molecule has 0 N–H and O–H groups in total. The van der Waals surface area contributed by atoms with Crippen LogP contribution >= 0.6 is 0 Å². The predicted molar refractivity (Wildman–Crippen MR) is 50.0 cm³/mol. The summed E-state index contributed by atoms with van der Waals surface area (Å²) in [6.07, 6.45) is -12.6. The Hall–Kier alpha value is -0.500. The normalized spacial score (nSPS) is 24.2. The Morgan fingerprint density at radius 2 is 1.50 bits per heavy atom. The van der Waals surface area contributed by atoms with Crippen LogP contribution in [0.25, 0.3) is 0 Å². The fraction of sp³-hybridized carbons (Fsp3) is 1.00. The second-order valence-corrected chi connectivity index (χ2v) is 4.30. The summed E-state index contributed by atoms with van der Waals surface area (Å²) in [5.41, 5.74) is -1.75. The maximum atomic E-state index is 12.5. The summed E-state index contributed by atoms with van der Waals surface area (Å²) in [7, 11) is 0. The number of hydrogen-bond acceptors (Lipinski definition) is 2. The minimum atomic E-state index is -2.88. The van der Waals surface area contributed by atoms with E-state index in [2.05, 4.69) is 0 Å². The van der Waals surface area contributed by atoms with Crippen LogP contribution in [-0.4, -0.2) is 38.8 Å². The lowest BCUT2D eigenvalue weighted by molar-refractivity contribution is -0.236. The molecule has 0 aromatic carbocycles. The fourth-order valence-corrected chi connectivity index (χ4v) is 2.20. The van der Waals surface area contributed by atoms with Gasteiger partial charge in [-0.3, -0.25) is 0 Å². The molecule has 0 spiro atoms. The van der Waals surface area contributed by atoms with Crippen molar-refractivity contribution in [2.75, 3.05) is 13.4 Å². The van der Waals surface area contributed by atoms with E-state index in [1.807, 2.05) is 0 Å². The molecule has 1 rings (SSSR count). The lowest BCUT2D eigenvalue weighted by Gasteiger charge is -2.43. The van der Waals surface area contributed by atoms with Gasteiger partial charge in [-0.15, -0.1) is 0 Å². The van der Waals surface area contributed by atoms with Gasteiger partial charge in [0.25, 0.3) is 0 Å². The highest BCUT2D eigenvalue weighted by Crippen LogP contribution is 2.42. The topological polar surface area (TPSA) is 18.5 Å². The number of alkyl halides is 6. The molecule has 1 unspecified atom stereocenters. The molecule has 1 saturated heterocycles. The second kappa shape index (κ2) is 6.60. The number of ether oxygens (including phenoxy) is 2. The molecule has 108 valence electrons. The van der Waals surface area contributed by atoms with E-state index in [9.17, 15) is 26.3 Å². The van der Waals surface area contributed by atoms with E-state index in [0.717, 1.165) is 0 Å². The van der Waals surface area contributed by atoms with Gasteiger partial charge in [0, 0.05) is 24.7 Å². The van der Waals surface area contributed by atoms with Gasteiger partial charge in [0.1, 0.15) is 6.79 Å². The number of hydrogen-bond donors (Lipinski definition) is 0. The molecule has 2 nitrogen and oxygen atoms in total. The first kappa shape index (κ1) is 15.6. The molecule has 0 aliphatic carbocycles. The maximum Gasteiger partial charge on any atom is 0.241 e. The Morgan fingerprint density at radius 1 is 0.944 bits per heavy atom. The van der Waals surface area contributed by atoms with Crippen molar-refractivity contribution in [1.82, 2.24) is 0 Å². The van der Waals surface area contributed by atoms with Crippen molar-refractivity contribution in [3.8, 4) is 0 Å². The second-order valence-electron chi connectivity index (χ2n) is 4.30. The molecule has 1 fully saturated rings. The van der Waals surface area contributed by atoms with Crippen LogP contribution in [0, 0.1) is 5.41 Å². The molecule has 8 heteroatoms. The molecular weight excluding hydrogens is 266 g/mol. The van der Waals surface area contributed by atoms with Crippen LogP contribution in [-0.2, 0) is 9.47 Å². The molecule has 1 heterocycles. The summed E-state index contributed by atoms with van der Waals surface area (Å²) < 4.78 is 84.2. The van der Waals surface area contributed by atoms with E-state index >= 15 is 0 Å². The lowest BCUT2D eigenvalue weighted by Crippen LogP contribution is -2.48. The van der Waals surface area contributed by atoms with Crippen LogP contribution in [0.15, 0.2) is 0 Å². The summed E-state index contributed by atoms with van der Waals surface area (Å²) in [6.45, 7) is -0.759. The van der Waals surface area contributed by atoms with Gasteiger partial charge in [-0.05, 0) is 0 Å². The van der Waals surface area contributed by atoms with Crippen molar-refractivity contribution < 1.29 is 35.8 Å². The van der Waals surface area contributed by atoms with Crippen LogP contribution in [0.4, 0.5) is 26.3 Å². The van der Waals surface area contributed by atoms with E-state index in [0.29, 0.717) is 0 Å². The molecule has 0 amide bonds. The molecule has 0 radical (unpaired) electrons. The Balaban J connectivity index is 2.85. The van der Waals surface area contributed by atoms with Crippen LogP contribution in [0.3, 0.4) is 0 Å². The van der Waals surface area contributed by atoms with E-state index in [4.69, 9.17) is 9.47 Å². The van der Waals surface area contributed by atoms with Gasteiger partial charge in [-0.1, -0.05) is 0 Å². The third-order valence-electron chi connectivity index (χ3n) is 2.94. The molecule has 1 atom stereocenters. The van der Waals surface area contributed by atoms with Crippen molar-refractivity contribution in [1.29, 1.82) is 0 Å². The van der Waals surface area contributed by atoms with Gasteiger partial charge in [0.15, 0.2) is 0 Å². The van der Waals surface area contributed by atoms with E-state index in [1.54, 1.807) is 0 Å². The van der Waals surface area contributed by atoms with Crippen LogP contribution in [0.1, 0.15) is 19.3 Å². The van der Waals surface area contributed by atoms with Crippen molar-refractivity contribution in [2.45, 2.75) is 44.6 Å². The average Bonchev–Trinajstić information content (AvgIpc) is 2.18. The zero-order valence-corrected chi connectivity index (χ0v) is 9.43. The van der Waals surface area contributed by atoms with Crippen molar-refractivity contribution in [3.05, 3.63) is 0 Å². The first-order chi connectivity index (χ1) is 8.35. The standard InChI is InChI=1S/C10H14F6O2/c11-7(12)1-6-10(2-8(13)14,3-9(15)16)4-17-5-18-6/h6-9H,1-5H2. The highest BCUT2D eigenvalue weighted by molar-refractivity contribution is 4.91. The van der Waals surface area contributed by atoms with Gasteiger partial charge in [-0.2, -0.15) is 0 Å². The Bertz CT molecular complexity index is 239. The van der Waals surface area contributed by atoms with Crippen molar-refractivity contribution in [3.63, 3.8) is 0 Å². The molecule has 1 aliphatic heterocycles. The summed E-state index contributed by atoms with van der Waals surface area (Å²) in [5.74, 6) is 0. The minimum Gasteiger partial charge on any atom is -0.355 e. The summed E-state index contributed by atoms with van der Waals surface area (Å²) in [6, 6.07) is 0. The molecule has 18 heavy (non-hydrogen) atoms. The average molecular weight is 280 g/mol. The zero-order chi connectivity index (χ0) is 13.8. The Morgan fingerprint density at radius 3 is 1.94 bits per heavy atom. The molecule has 0 saturated carbocycles. The number of halogens is 6. The maximum absolute atomic E-state index is 12.5. The van der Waals surface area contributed by atoms with Crippen molar-refractivity contribution >= 4 is 0 Å². The third kappa shape index (κ3) is 4.31. The molecule has 0 bridgehead atoms. The van der Waals surface area contributed by atoms with Gasteiger partial charge in [-0.25, -0.2) is 26.3 Å². The summed E-state index contributed by atoms with van der Waals surface area (Å²) in [4.78, 5) is 0. The summed E-state index contributed by atoms with van der Waals surface area (Å²) >= 11 is 0. The third-order valence-corrected chi connectivity index (χ3v) is 2.94. The highest BCUT2D eigenvalue weighted by Gasteiger charge is 2.47. The smallest absolute Gasteiger partial charge is 0.241 e. The van der Waals surface area contributed by atoms with Gasteiger partial charge in [0.05, 0.1) is 12.7 Å². The van der Waals surface area contributed by atoms with Crippen LogP contribution in [0.5, 0.6) is 0 Å². The minimum absolute atomic E-state index is 0.342. The monoisotopic (exact) mass is 280 g/mol. The van der Waals surface area contributed by atoms with E-state index in [1.165, 1.54) is 0 Å². The molecule has 1 aliphatic rings. The van der Waals surface area contributed by atoms with Crippen LogP contribution < -0.4 is 0 Å². The van der Waals surface area contributed by atoms with E-state index < -0.39 is 56.7 Å². The number of rotatable bonds is 6. The molecular formula is C10H14F6O2. The first-order valence-electron chi connectivity index (χ1n) is 5.39. The highest BCUT2D eigenvalue weighted by atomic mass is 19.3. The van der Waals surface area contributed by atoms with Gasteiger partial charge >= 0.3 is 0 Å².